The van der Waals surface area contributed by atoms with Gasteiger partial charge < -0.3 is 19.9 Å². The molecular weight excluding hydrogens is 414 g/mol. The molecule has 3 rings (SSSR count). The predicted octanol–water partition coefficient (Wildman–Crippen LogP) is 1.51. The Hall–Kier alpha value is -2.78. The summed E-state index contributed by atoms with van der Waals surface area (Å²) >= 11 is 0. The molecule has 1 aliphatic heterocycles. The highest BCUT2D eigenvalue weighted by Gasteiger charge is 2.22. The maximum absolute atomic E-state index is 12.3. The van der Waals surface area contributed by atoms with E-state index in [-0.39, 0.29) is 5.75 Å². The summed E-state index contributed by atoms with van der Waals surface area (Å²) in [5, 5.41) is 3.18. The van der Waals surface area contributed by atoms with Crippen LogP contribution in [0.1, 0.15) is 5.56 Å². The van der Waals surface area contributed by atoms with Crippen LogP contribution in [0.4, 0.5) is 5.69 Å². The molecule has 1 heterocycles. The average Bonchev–Trinajstić information content (AvgIpc) is 2.81. The van der Waals surface area contributed by atoms with Crippen LogP contribution in [0.15, 0.2) is 59.6 Å². The molecule has 31 heavy (non-hydrogen) atoms. The number of nitrogens with one attached hydrogen (secondary N) is 2. The topological polar surface area (TPSA) is 86.3 Å². The van der Waals surface area contributed by atoms with Gasteiger partial charge in [0.15, 0.2) is 5.96 Å². The lowest BCUT2D eigenvalue weighted by Gasteiger charge is -2.38. The van der Waals surface area contributed by atoms with E-state index in [1.165, 1.54) is 0 Å². The Morgan fingerprint density at radius 2 is 1.71 bits per heavy atom. The molecule has 0 saturated carbocycles. The first-order valence-electron chi connectivity index (χ1n) is 10.4. The van der Waals surface area contributed by atoms with Gasteiger partial charge in [-0.3, -0.25) is 4.99 Å². The molecule has 0 aliphatic carbocycles. The molecule has 0 amide bonds. The van der Waals surface area contributed by atoms with Crippen molar-refractivity contribution in [1.29, 1.82) is 0 Å². The number of aliphatic imine (C=N–C) groups is 1. The number of benzene rings is 2. The summed E-state index contributed by atoms with van der Waals surface area (Å²) in [6.45, 7) is 3.83. The number of anilines is 1. The number of nitrogens with zero attached hydrogens (tertiary/aromatic N) is 3. The van der Waals surface area contributed by atoms with Crippen LogP contribution in [0.3, 0.4) is 0 Å². The zero-order valence-corrected chi connectivity index (χ0v) is 18.9. The lowest BCUT2D eigenvalue weighted by atomic mass is 10.2. The minimum atomic E-state index is -3.38. The Labute approximate surface area is 185 Å². The molecule has 2 aromatic rings. The van der Waals surface area contributed by atoms with Gasteiger partial charge in [-0.25, -0.2) is 13.1 Å². The van der Waals surface area contributed by atoms with Crippen LogP contribution in [0, 0.1) is 0 Å². The van der Waals surface area contributed by atoms with Crippen LogP contribution >= 0.6 is 0 Å². The van der Waals surface area contributed by atoms with Gasteiger partial charge in [0.1, 0.15) is 5.75 Å². The van der Waals surface area contributed by atoms with Gasteiger partial charge in [-0.2, -0.15) is 0 Å². The summed E-state index contributed by atoms with van der Waals surface area (Å²) in [6, 6.07) is 17.5. The van der Waals surface area contributed by atoms with Crippen LogP contribution in [0.25, 0.3) is 0 Å². The number of sulfonamides is 1. The zero-order valence-electron chi connectivity index (χ0n) is 18.1. The van der Waals surface area contributed by atoms with E-state index in [0.717, 1.165) is 49.1 Å². The molecule has 0 spiro atoms. The van der Waals surface area contributed by atoms with Gasteiger partial charge in [-0.15, -0.1) is 0 Å². The van der Waals surface area contributed by atoms with Gasteiger partial charge >= 0.3 is 0 Å². The highest BCUT2D eigenvalue weighted by Crippen LogP contribution is 2.28. The molecular formula is C22H31N5O3S. The van der Waals surface area contributed by atoms with Crippen LogP contribution in [0.5, 0.6) is 5.75 Å². The highest BCUT2D eigenvalue weighted by molar-refractivity contribution is 7.89. The molecule has 0 aromatic heterocycles. The Kier molecular flexibility index (Phi) is 8.13. The number of piperazine rings is 1. The normalized spacial score (nSPS) is 15.1. The molecule has 0 radical (unpaired) electrons. The van der Waals surface area contributed by atoms with Crippen molar-refractivity contribution in [1.82, 2.24) is 14.9 Å². The van der Waals surface area contributed by atoms with E-state index in [0.29, 0.717) is 13.1 Å². The minimum Gasteiger partial charge on any atom is -0.495 e. The van der Waals surface area contributed by atoms with Gasteiger partial charge in [0.25, 0.3) is 0 Å². The second-order valence-corrected chi connectivity index (χ2v) is 9.17. The number of rotatable bonds is 8. The summed E-state index contributed by atoms with van der Waals surface area (Å²) in [4.78, 5) is 8.77. The number of para-hydroxylation sites is 2. The van der Waals surface area contributed by atoms with Gasteiger partial charge in [0.2, 0.25) is 10.0 Å². The third-order valence-electron chi connectivity index (χ3n) is 5.21. The van der Waals surface area contributed by atoms with Crippen LogP contribution in [-0.2, 0) is 16.6 Å². The second-order valence-electron chi connectivity index (χ2n) is 7.25. The molecule has 2 aromatic carbocycles. The zero-order chi connectivity index (χ0) is 22.1. The first kappa shape index (κ1) is 22.9. The maximum Gasteiger partial charge on any atom is 0.213 e. The third kappa shape index (κ3) is 6.60. The fraction of sp³-hybridized carbons (Fsp3) is 0.409. The minimum absolute atomic E-state index is 0.0139. The maximum atomic E-state index is 12.3. The molecule has 9 heteroatoms. The fourth-order valence-corrected chi connectivity index (χ4v) is 4.44. The smallest absolute Gasteiger partial charge is 0.213 e. The fourth-order valence-electron chi connectivity index (χ4n) is 3.54. The predicted molar refractivity (Wildman–Crippen MR) is 125 cm³/mol. The molecule has 8 nitrogen and oxygen atoms in total. The summed E-state index contributed by atoms with van der Waals surface area (Å²) in [5.41, 5.74) is 2.02. The number of hydrogen-bond acceptors (Lipinski definition) is 5. The monoisotopic (exact) mass is 445 g/mol. The summed E-state index contributed by atoms with van der Waals surface area (Å²) < 4.78 is 32.7. The second kappa shape index (κ2) is 11.0. The van der Waals surface area contributed by atoms with Gasteiger partial charge in [-0.05, 0) is 17.7 Å². The molecule has 1 aliphatic rings. The van der Waals surface area contributed by atoms with Crippen LogP contribution in [0.2, 0.25) is 0 Å². The van der Waals surface area contributed by atoms with Crippen molar-refractivity contribution in [3.63, 3.8) is 0 Å². The number of guanidine groups is 1. The van der Waals surface area contributed by atoms with Gasteiger partial charge in [-0.1, -0.05) is 42.5 Å². The first-order valence-corrected chi connectivity index (χ1v) is 12.0. The largest absolute Gasteiger partial charge is 0.495 e. The van der Waals surface area contributed by atoms with Crippen LogP contribution in [-0.4, -0.2) is 71.9 Å². The van der Waals surface area contributed by atoms with Gasteiger partial charge in [0.05, 0.1) is 18.6 Å². The van der Waals surface area contributed by atoms with Crippen molar-refractivity contribution >= 4 is 21.7 Å². The highest BCUT2D eigenvalue weighted by atomic mass is 32.2. The average molecular weight is 446 g/mol. The number of ether oxygens (including phenoxy) is 1. The lowest BCUT2D eigenvalue weighted by molar-refractivity contribution is 0.368. The standard InChI is InChI=1S/C22H31N5O3S/c1-23-22(24-12-17-31(28,29)25-18-19-8-4-3-5-9-19)27-15-13-26(14-16-27)20-10-6-7-11-21(20)30-2/h3-11,25H,12-18H2,1-2H3,(H,23,24). The number of hydrogen-bond donors (Lipinski definition) is 2. The summed E-state index contributed by atoms with van der Waals surface area (Å²) in [5.74, 6) is 1.57. The van der Waals surface area contributed by atoms with Crippen molar-refractivity contribution in [2.75, 3.05) is 57.5 Å². The Morgan fingerprint density at radius 3 is 2.39 bits per heavy atom. The Bertz CT molecular complexity index is 958. The van der Waals surface area contributed by atoms with Crippen molar-refractivity contribution in [2.24, 2.45) is 4.99 Å². The SMILES string of the molecule is CN=C(NCCS(=O)(=O)NCc1ccccc1)N1CCN(c2ccccc2OC)CC1. The summed E-state index contributed by atoms with van der Waals surface area (Å²) in [7, 11) is 0.0284. The van der Waals surface area contributed by atoms with E-state index in [2.05, 4.69) is 30.9 Å². The van der Waals surface area contributed by atoms with Crippen molar-refractivity contribution in [2.45, 2.75) is 6.54 Å². The van der Waals surface area contributed by atoms with Gasteiger partial charge in [0, 0.05) is 46.3 Å². The van der Waals surface area contributed by atoms with E-state index in [1.54, 1.807) is 14.2 Å². The molecule has 0 bridgehead atoms. The van der Waals surface area contributed by atoms with E-state index >= 15 is 0 Å². The molecule has 168 valence electrons. The first-order chi connectivity index (χ1) is 15.0. The Morgan fingerprint density at radius 1 is 1.03 bits per heavy atom. The molecule has 2 N–H and O–H groups in total. The molecule has 0 unspecified atom stereocenters. The summed E-state index contributed by atoms with van der Waals surface area (Å²) in [6.07, 6.45) is 0. The van der Waals surface area contributed by atoms with E-state index in [4.69, 9.17) is 4.74 Å². The van der Waals surface area contributed by atoms with Crippen molar-refractivity contribution in [3.8, 4) is 5.75 Å². The van der Waals surface area contributed by atoms with E-state index < -0.39 is 10.0 Å². The molecule has 1 fully saturated rings. The molecule has 0 atom stereocenters. The number of methoxy groups -OCH3 is 1. The van der Waals surface area contributed by atoms with Crippen LogP contribution < -0.4 is 19.7 Å². The Balaban J connectivity index is 1.45. The quantitative estimate of drug-likeness (QED) is 0.473. The van der Waals surface area contributed by atoms with Crippen molar-refractivity contribution < 1.29 is 13.2 Å². The molecule has 1 saturated heterocycles. The lowest BCUT2D eigenvalue weighted by Crippen LogP contribution is -2.53. The van der Waals surface area contributed by atoms with E-state index in [1.807, 2.05) is 48.5 Å². The third-order valence-corrected chi connectivity index (χ3v) is 6.54. The van der Waals surface area contributed by atoms with Crippen molar-refractivity contribution in [3.05, 3.63) is 60.2 Å². The van der Waals surface area contributed by atoms with E-state index in [9.17, 15) is 8.42 Å².